The van der Waals surface area contributed by atoms with Crippen molar-refractivity contribution in [2.75, 3.05) is 35.4 Å². The van der Waals surface area contributed by atoms with E-state index in [2.05, 4.69) is 33.0 Å². The summed E-state index contributed by atoms with van der Waals surface area (Å²) in [5.74, 6) is 2.55. The summed E-state index contributed by atoms with van der Waals surface area (Å²) in [5.41, 5.74) is 4.27. The van der Waals surface area contributed by atoms with Gasteiger partial charge in [0.25, 0.3) is 0 Å². The van der Waals surface area contributed by atoms with Gasteiger partial charge in [-0.15, -0.1) is 0 Å². The highest BCUT2D eigenvalue weighted by molar-refractivity contribution is 7.85. The predicted octanol–water partition coefficient (Wildman–Crippen LogP) is 2.76. The summed E-state index contributed by atoms with van der Waals surface area (Å²) in [7, 11) is -1.11. The number of aliphatic hydroxyl groups is 1. The number of nitrogens with zero attached hydrogens (tertiary/aromatic N) is 4. The van der Waals surface area contributed by atoms with Gasteiger partial charge in [0, 0.05) is 13.1 Å². The molecule has 7 heteroatoms. The first kappa shape index (κ1) is 18.8. The van der Waals surface area contributed by atoms with E-state index in [-0.39, 0.29) is 12.1 Å². The van der Waals surface area contributed by atoms with Crippen molar-refractivity contribution in [3.8, 4) is 0 Å². The third-order valence-corrected chi connectivity index (χ3v) is 9.04. The zero-order valence-corrected chi connectivity index (χ0v) is 18.0. The van der Waals surface area contributed by atoms with Crippen LogP contribution in [0.15, 0.2) is 29.3 Å². The number of anilines is 2. The number of aryl methyl sites for hydroxylation is 2. The third kappa shape index (κ3) is 2.82. The van der Waals surface area contributed by atoms with Gasteiger partial charge in [-0.1, -0.05) is 18.2 Å². The Kier molecular flexibility index (Phi) is 4.39. The van der Waals surface area contributed by atoms with Gasteiger partial charge < -0.3 is 14.9 Å². The summed E-state index contributed by atoms with van der Waals surface area (Å²) in [5, 5.41) is 10.0. The van der Waals surface area contributed by atoms with Crippen LogP contribution in [0.4, 0.5) is 11.8 Å². The summed E-state index contributed by atoms with van der Waals surface area (Å²) < 4.78 is 12.6. The van der Waals surface area contributed by atoms with Crippen molar-refractivity contribution in [3.05, 3.63) is 41.1 Å². The van der Waals surface area contributed by atoms with E-state index in [1.807, 2.05) is 0 Å². The van der Waals surface area contributed by atoms with Crippen LogP contribution in [0.2, 0.25) is 0 Å². The van der Waals surface area contributed by atoms with Gasteiger partial charge in [-0.3, -0.25) is 4.21 Å². The Bertz CT molecular complexity index is 1010. The minimum atomic E-state index is -1.11. The summed E-state index contributed by atoms with van der Waals surface area (Å²) in [6.07, 6.45) is 9.41. The fourth-order valence-electron chi connectivity index (χ4n) is 5.45. The third-order valence-electron chi connectivity index (χ3n) is 7.77. The highest BCUT2D eigenvalue weighted by atomic mass is 32.2. The van der Waals surface area contributed by atoms with Crippen molar-refractivity contribution in [1.82, 2.24) is 9.97 Å². The molecule has 1 aromatic heterocycles. The first-order chi connectivity index (χ1) is 14.7. The summed E-state index contributed by atoms with van der Waals surface area (Å²) in [4.78, 5) is 14.5. The number of hydrogen-bond acceptors (Lipinski definition) is 6. The molecule has 30 heavy (non-hydrogen) atoms. The normalized spacial score (nSPS) is 24.8. The topological polar surface area (TPSA) is 69.6 Å². The number of benzene rings is 1. The molecule has 0 amide bonds. The molecule has 1 N–H and O–H groups in total. The lowest BCUT2D eigenvalue weighted by Gasteiger charge is -2.47. The Morgan fingerprint density at radius 2 is 1.97 bits per heavy atom. The minimum Gasteiger partial charge on any atom is -0.394 e. The molecule has 2 aliphatic carbocycles. The zero-order chi connectivity index (χ0) is 20.3. The van der Waals surface area contributed by atoms with Crippen LogP contribution in [-0.2, 0) is 23.6 Å². The molecular formula is C23H28N4O2S. The maximum Gasteiger partial charge on any atom is 0.227 e. The average Bonchev–Trinajstić information content (AvgIpc) is 3.05. The Labute approximate surface area is 179 Å². The molecule has 2 aliphatic heterocycles. The van der Waals surface area contributed by atoms with Gasteiger partial charge in [-0.25, -0.2) is 4.98 Å². The smallest absolute Gasteiger partial charge is 0.227 e. The molecule has 3 heterocycles. The molecule has 0 radical (unpaired) electrons. The molecule has 1 saturated heterocycles. The maximum absolute atomic E-state index is 12.6. The second-order valence-electron chi connectivity index (χ2n) is 9.29. The van der Waals surface area contributed by atoms with Crippen molar-refractivity contribution < 1.29 is 9.32 Å². The Morgan fingerprint density at radius 3 is 2.60 bits per heavy atom. The second-order valence-corrected chi connectivity index (χ2v) is 10.7. The molecule has 158 valence electrons. The lowest BCUT2D eigenvalue weighted by Crippen LogP contribution is -2.56. The lowest BCUT2D eigenvalue weighted by atomic mass is 9.76. The van der Waals surface area contributed by atoms with E-state index >= 15 is 0 Å². The van der Waals surface area contributed by atoms with Crippen molar-refractivity contribution in [2.45, 2.75) is 61.3 Å². The Morgan fingerprint density at radius 1 is 1.17 bits per heavy atom. The van der Waals surface area contributed by atoms with Gasteiger partial charge in [0.05, 0.1) is 29.1 Å². The molecule has 1 saturated carbocycles. The quantitative estimate of drug-likeness (QED) is 0.814. The molecule has 4 aliphatic rings. The molecule has 1 aromatic carbocycles. The van der Waals surface area contributed by atoms with Crippen molar-refractivity contribution in [2.24, 2.45) is 0 Å². The number of rotatable bonds is 4. The van der Waals surface area contributed by atoms with Crippen LogP contribution in [-0.4, -0.2) is 50.4 Å². The van der Waals surface area contributed by atoms with Gasteiger partial charge in [0.15, 0.2) is 5.82 Å². The zero-order valence-electron chi connectivity index (χ0n) is 17.2. The van der Waals surface area contributed by atoms with Crippen molar-refractivity contribution in [1.29, 1.82) is 0 Å². The lowest BCUT2D eigenvalue weighted by molar-refractivity contribution is 0.119. The number of hydrogen-bond donors (Lipinski definition) is 1. The summed E-state index contributed by atoms with van der Waals surface area (Å²) in [6.45, 7) is 1.97. The van der Waals surface area contributed by atoms with Crippen LogP contribution in [0.5, 0.6) is 0 Å². The van der Waals surface area contributed by atoms with Gasteiger partial charge in [0.2, 0.25) is 5.95 Å². The standard InChI is InChI=1S/C23H28N4O2S/c28-14-23(8-1-9-23)27-15-30(29)20-13-24-22(25-21(20)27)26-10-6-17(7-11-26)19-5-3-16-2-4-18(16)12-19/h3,5,12-13,17,28H,1-2,4,6-11,14-15H2/t30-/m0/s1. The first-order valence-corrected chi connectivity index (χ1v) is 12.5. The van der Waals surface area contributed by atoms with Crippen LogP contribution in [0.1, 0.15) is 54.7 Å². The number of aliphatic hydroxyl groups excluding tert-OH is 1. The van der Waals surface area contributed by atoms with Gasteiger partial charge >= 0.3 is 0 Å². The number of aromatic nitrogens is 2. The van der Waals surface area contributed by atoms with Crippen LogP contribution in [0, 0.1) is 0 Å². The first-order valence-electron chi connectivity index (χ1n) is 11.2. The van der Waals surface area contributed by atoms with E-state index in [0.717, 1.165) is 61.9 Å². The van der Waals surface area contributed by atoms with Gasteiger partial charge in [-0.2, -0.15) is 4.98 Å². The van der Waals surface area contributed by atoms with E-state index in [4.69, 9.17) is 4.98 Å². The monoisotopic (exact) mass is 424 g/mol. The molecule has 6 rings (SSSR count). The fraction of sp³-hybridized carbons (Fsp3) is 0.565. The van der Waals surface area contributed by atoms with Gasteiger partial charge in [-0.05, 0) is 67.6 Å². The minimum absolute atomic E-state index is 0.0924. The molecule has 0 bridgehead atoms. The number of fused-ring (bicyclic) bond motifs is 2. The van der Waals surface area contributed by atoms with Crippen LogP contribution in [0.3, 0.4) is 0 Å². The van der Waals surface area contributed by atoms with Gasteiger partial charge in [0.1, 0.15) is 10.8 Å². The van der Waals surface area contributed by atoms with Crippen LogP contribution < -0.4 is 9.80 Å². The predicted molar refractivity (Wildman–Crippen MR) is 117 cm³/mol. The summed E-state index contributed by atoms with van der Waals surface area (Å²) >= 11 is 0. The van der Waals surface area contributed by atoms with Crippen molar-refractivity contribution in [3.63, 3.8) is 0 Å². The fourth-order valence-corrected chi connectivity index (χ4v) is 6.75. The highest BCUT2D eigenvalue weighted by Gasteiger charge is 2.47. The van der Waals surface area contributed by atoms with E-state index in [0.29, 0.717) is 11.8 Å². The van der Waals surface area contributed by atoms with E-state index in [1.54, 1.807) is 11.8 Å². The Balaban J connectivity index is 1.21. The summed E-state index contributed by atoms with van der Waals surface area (Å²) in [6, 6.07) is 7.06. The maximum atomic E-state index is 12.6. The molecule has 2 aromatic rings. The molecule has 2 fully saturated rings. The van der Waals surface area contributed by atoms with E-state index in [9.17, 15) is 9.32 Å². The molecule has 6 nitrogen and oxygen atoms in total. The van der Waals surface area contributed by atoms with Crippen LogP contribution in [0.25, 0.3) is 0 Å². The van der Waals surface area contributed by atoms with Crippen molar-refractivity contribution >= 4 is 22.6 Å². The average molecular weight is 425 g/mol. The SMILES string of the molecule is O=[S@]1CN(C2(CO)CCC2)c2nc(N3CCC(c4ccc5c(c4)CC5)CC3)ncc21. The molecule has 0 unspecified atom stereocenters. The van der Waals surface area contributed by atoms with Crippen LogP contribution >= 0.6 is 0 Å². The second kappa shape index (κ2) is 7.02. The molecule has 1 atom stereocenters. The Hall–Kier alpha value is -1.99. The largest absolute Gasteiger partial charge is 0.394 e. The molecule has 0 spiro atoms. The van der Waals surface area contributed by atoms with E-state index < -0.39 is 10.8 Å². The molecular weight excluding hydrogens is 396 g/mol. The number of piperidine rings is 1. The highest BCUT2D eigenvalue weighted by Crippen LogP contribution is 2.44. The van der Waals surface area contributed by atoms with E-state index in [1.165, 1.54) is 24.0 Å².